The Morgan fingerprint density at radius 2 is 1.83 bits per heavy atom. The maximum absolute atomic E-state index is 15.1. The highest BCUT2D eigenvalue weighted by Crippen LogP contribution is 2.47. The largest absolute Gasteiger partial charge is 0.481 e. The molecule has 36 heavy (non-hydrogen) atoms. The van der Waals surface area contributed by atoms with Crippen molar-refractivity contribution in [3.05, 3.63) is 81.9 Å². The van der Waals surface area contributed by atoms with E-state index in [1.54, 1.807) is 25.2 Å². The number of rotatable bonds is 6. The number of amides is 1. The summed E-state index contributed by atoms with van der Waals surface area (Å²) in [7, 11) is 3.48. The van der Waals surface area contributed by atoms with Crippen LogP contribution in [0.25, 0.3) is 11.1 Å². The molecular weight excluding hydrogens is 457 g/mol. The van der Waals surface area contributed by atoms with E-state index in [0.717, 1.165) is 52.0 Å². The van der Waals surface area contributed by atoms with Gasteiger partial charge in [0, 0.05) is 36.8 Å². The van der Waals surface area contributed by atoms with Gasteiger partial charge >= 0.3 is 5.97 Å². The normalized spacial score (nSPS) is 20.1. The Hall–Kier alpha value is -3.74. The zero-order valence-corrected chi connectivity index (χ0v) is 20.9. The highest BCUT2D eigenvalue weighted by molar-refractivity contribution is 5.95. The third-order valence-electron chi connectivity index (χ3n) is 7.41. The maximum Gasteiger partial charge on any atom is 0.307 e. The molecule has 5 rings (SSSR count). The number of pyridine rings is 1. The van der Waals surface area contributed by atoms with Crippen LogP contribution >= 0.6 is 0 Å². The summed E-state index contributed by atoms with van der Waals surface area (Å²) in [5, 5.41) is 12.6. The summed E-state index contributed by atoms with van der Waals surface area (Å²) in [5.41, 5.74) is 7.93. The molecule has 2 aromatic carbocycles. The third kappa shape index (κ3) is 4.23. The minimum atomic E-state index is -0.776. The molecule has 0 radical (unpaired) electrons. The second-order valence-corrected chi connectivity index (χ2v) is 10.2. The molecule has 6 nitrogen and oxygen atoms in total. The van der Waals surface area contributed by atoms with E-state index in [2.05, 4.69) is 10.3 Å². The van der Waals surface area contributed by atoms with Crippen molar-refractivity contribution in [2.45, 2.75) is 45.1 Å². The van der Waals surface area contributed by atoms with Crippen molar-refractivity contribution in [1.29, 1.82) is 0 Å². The van der Waals surface area contributed by atoms with Crippen molar-refractivity contribution in [3.63, 3.8) is 0 Å². The van der Waals surface area contributed by atoms with E-state index in [9.17, 15) is 9.59 Å². The molecule has 2 aliphatic rings. The Morgan fingerprint density at radius 1 is 1.11 bits per heavy atom. The van der Waals surface area contributed by atoms with Gasteiger partial charge in [0.1, 0.15) is 5.82 Å². The Labute approximate surface area is 210 Å². The van der Waals surface area contributed by atoms with Crippen LogP contribution in [0.5, 0.6) is 0 Å². The van der Waals surface area contributed by atoms with E-state index in [1.807, 2.05) is 44.2 Å². The fourth-order valence-electron chi connectivity index (χ4n) is 5.57. The number of carboxylic acids is 1. The monoisotopic (exact) mass is 487 g/mol. The summed E-state index contributed by atoms with van der Waals surface area (Å²) < 4.78 is 15.1. The summed E-state index contributed by atoms with van der Waals surface area (Å²) >= 11 is 0. The molecule has 1 aromatic heterocycles. The van der Waals surface area contributed by atoms with E-state index in [4.69, 9.17) is 5.11 Å². The first kappa shape index (κ1) is 24.0. The van der Waals surface area contributed by atoms with E-state index >= 15 is 4.39 Å². The average Bonchev–Trinajstić information content (AvgIpc) is 3.54. The van der Waals surface area contributed by atoms with Crippen LogP contribution in [0.4, 0.5) is 10.1 Å². The standard InChI is InChI=1S/C29H30FN3O3/c1-15-11-17(28(34)33(3)4)12-16(2)26(15)19-6-8-23(30)27-20(19)7-10-25(27)32-18-5-9-24(31-14-18)21-13-22(21)29(35)36/h5-6,8-9,11-12,14,21-22,25,32H,7,10,13H2,1-4H3,(H,35,36)/t21-,22-,25+/m0/s1. The Morgan fingerprint density at radius 3 is 2.42 bits per heavy atom. The Kier molecular flexibility index (Phi) is 6.02. The minimum absolute atomic E-state index is 0.0188. The lowest BCUT2D eigenvalue weighted by Crippen LogP contribution is -2.22. The van der Waals surface area contributed by atoms with Crippen LogP contribution in [0.2, 0.25) is 0 Å². The van der Waals surface area contributed by atoms with Gasteiger partial charge in [0.15, 0.2) is 0 Å². The average molecular weight is 488 g/mol. The van der Waals surface area contributed by atoms with Crippen molar-refractivity contribution in [3.8, 4) is 11.1 Å². The summed E-state index contributed by atoms with van der Waals surface area (Å²) in [4.78, 5) is 29.7. The molecule has 3 atom stereocenters. The van der Waals surface area contributed by atoms with Gasteiger partial charge in [0.2, 0.25) is 0 Å². The van der Waals surface area contributed by atoms with Crippen molar-refractivity contribution >= 4 is 17.6 Å². The Balaban J connectivity index is 1.42. The summed E-state index contributed by atoms with van der Waals surface area (Å²) in [6.45, 7) is 3.99. The van der Waals surface area contributed by atoms with Gasteiger partial charge < -0.3 is 15.3 Å². The lowest BCUT2D eigenvalue weighted by atomic mass is 9.89. The van der Waals surface area contributed by atoms with E-state index < -0.39 is 5.97 Å². The molecular formula is C29H30FN3O3. The van der Waals surface area contributed by atoms with Gasteiger partial charge in [0.05, 0.1) is 23.8 Å². The second kappa shape index (κ2) is 9.04. The number of hydrogen-bond acceptors (Lipinski definition) is 4. The van der Waals surface area contributed by atoms with Crippen LogP contribution in [-0.4, -0.2) is 41.0 Å². The predicted octanol–water partition coefficient (Wildman–Crippen LogP) is 5.49. The Bertz CT molecular complexity index is 1340. The number of aliphatic carboxylic acids is 1. The number of benzene rings is 2. The number of aromatic nitrogens is 1. The van der Waals surface area contributed by atoms with Gasteiger partial charge in [0.25, 0.3) is 5.91 Å². The smallest absolute Gasteiger partial charge is 0.307 e. The first-order valence-electron chi connectivity index (χ1n) is 12.3. The molecule has 1 heterocycles. The number of nitrogens with zero attached hydrogens (tertiary/aromatic N) is 2. The number of hydrogen-bond donors (Lipinski definition) is 2. The summed E-state index contributed by atoms with van der Waals surface area (Å²) in [6, 6.07) is 10.8. The number of carbonyl (C=O) groups excluding carboxylic acids is 1. The molecule has 0 aliphatic heterocycles. The van der Waals surface area contributed by atoms with Crippen LogP contribution in [-0.2, 0) is 11.2 Å². The SMILES string of the molecule is Cc1cc(C(=O)N(C)C)cc(C)c1-c1ccc(F)c2c1CC[C@H]2Nc1ccc([C@H]2C[C@@H]2C(=O)O)nc1. The summed E-state index contributed by atoms with van der Waals surface area (Å²) in [6.07, 6.45) is 3.83. The molecule has 7 heteroatoms. The topological polar surface area (TPSA) is 82.5 Å². The van der Waals surface area contributed by atoms with Crippen LogP contribution < -0.4 is 5.32 Å². The minimum Gasteiger partial charge on any atom is -0.481 e. The number of aryl methyl sites for hydroxylation is 2. The van der Waals surface area contributed by atoms with Crippen LogP contribution in [0.1, 0.15) is 63.1 Å². The molecule has 186 valence electrons. The fourth-order valence-corrected chi connectivity index (χ4v) is 5.57. The number of halogens is 1. The molecule has 2 aliphatic carbocycles. The quantitative estimate of drug-likeness (QED) is 0.480. The summed E-state index contributed by atoms with van der Waals surface area (Å²) in [5.74, 6) is -1.41. The van der Waals surface area contributed by atoms with Gasteiger partial charge in [-0.3, -0.25) is 14.6 Å². The van der Waals surface area contributed by atoms with Gasteiger partial charge in [-0.1, -0.05) is 6.07 Å². The highest BCUT2D eigenvalue weighted by atomic mass is 19.1. The first-order chi connectivity index (χ1) is 17.2. The van der Waals surface area contributed by atoms with Crippen LogP contribution in [0, 0.1) is 25.6 Å². The highest BCUT2D eigenvalue weighted by Gasteiger charge is 2.45. The fraction of sp³-hybridized carbons (Fsp3) is 0.345. The molecule has 1 saturated carbocycles. The molecule has 0 spiro atoms. The van der Waals surface area contributed by atoms with Crippen molar-refractivity contribution in [2.75, 3.05) is 19.4 Å². The molecule has 1 amide bonds. The molecule has 1 fully saturated rings. The molecule has 0 saturated heterocycles. The number of carbonyl (C=O) groups is 2. The lowest BCUT2D eigenvalue weighted by Gasteiger charge is -2.19. The van der Waals surface area contributed by atoms with E-state index in [1.165, 1.54) is 6.07 Å². The second-order valence-electron chi connectivity index (χ2n) is 10.2. The van der Waals surface area contributed by atoms with Crippen molar-refractivity contribution in [1.82, 2.24) is 9.88 Å². The van der Waals surface area contributed by atoms with Crippen molar-refractivity contribution in [2.24, 2.45) is 5.92 Å². The van der Waals surface area contributed by atoms with E-state index in [0.29, 0.717) is 17.5 Å². The zero-order valence-electron chi connectivity index (χ0n) is 20.9. The molecule has 0 unspecified atom stereocenters. The third-order valence-corrected chi connectivity index (χ3v) is 7.41. The zero-order chi connectivity index (χ0) is 25.7. The van der Waals surface area contributed by atoms with Gasteiger partial charge in [-0.25, -0.2) is 4.39 Å². The molecule has 2 N–H and O–H groups in total. The van der Waals surface area contributed by atoms with Crippen LogP contribution in [0.3, 0.4) is 0 Å². The van der Waals surface area contributed by atoms with Gasteiger partial charge in [-0.2, -0.15) is 0 Å². The number of anilines is 1. The number of carboxylic acid groups (broad SMARTS) is 1. The first-order valence-corrected chi connectivity index (χ1v) is 12.3. The number of fused-ring (bicyclic) bond motifs is 1. The lowest BCUT2D eigenvalue weighted by molar-refractivity contribution is -0.138. The van der Waals surface area contributed by atoms with Gasteiger partial charge in [-0.15, -0.1) is 0 Å². The molecule has 0 bridgehead atoms. The van der Waals surface area contributed by atoms with Crippen LogP contribution in [0.15, 0.2) is 42.6 Å². The van der Waals surface area contributed by atoms with Crippen molar-refractivity contribution < 1.29 is 19.1 Å². The maximum atomic E-state index is 15.1. The van der Waals surface area contributed by atoms with E-state index in [-0.39, 0.29) is 29.6 Å². The van der Waals surface area contributed by atoms with Gasteiger partial charge in [-0.05, 0) is 91.3 Å². The molecule has 3 aromatic rings. The predicted molar refractivity (Wildman–Crippen MR) is 137 cm³/mol. The number of nitrogens with one attached hydrogen (secondary N) is 1.